The number of hydrogen-bond donors (Lipinski definition) is 2. The molecule has 0 aliphatic heterocycles. The van der Waals surface area contributed by atoms with Crippen LogP contribution in [0.2, 0.25) is 0 Å². The minimum absolute atomic E-state index is 0.0727. The Bertz CT molecular complexity index is 1100. The summed E-state index contributed by atoms with van der Waals surface area (Å²) in [5.41, 5.74) is 3.36. The number of hydrogen-bond acceptors (Lipinski definition) is 3. The summed E-state index contributed by atoms with van der Waals surface area (Å²) in [4.78, 5) is 17.1. The minimum atomic E-state index is -0.138. The number of aromatic amines is 1. The van der Waals surface area contributed by atoms with E-state index in [4.69, 9.17) is 5.26 Å². The first-order valence-electron chi connectivity index (χ1n) is 8.64. The molecule has 0 spiro atoms. The standard InChI is InChI=1S/C22H17N3OS/c23-12-15-7-9-16(10-8-15)22(26)25-14-19(21-6-3-11-27-21)18-13-24-20-5-2-1-4-17(18)20/h1-11,13,19,24H,14H2,(H,25,26)/t19-/m0/s1. The Morgan fingerprint density at radius 2 is 1.93 bits per heavy atom. The molecule has 0 unspecified atom stereocenters. The van der Waals surface area contributed by atoms with Gasteiger partial charge < -0.3 is 10.3 Å². The third-order valence-corrected chi connectivity index (χ3v) is 5.61. The summed E-state index contributed by atoms with van der Waals surface area (Å²) < 4.78 is 0. The van der Waals surface area contributed by atoms with Crippen molar-refractivity contribution < 1.29 is 4.79 Å². The normalized spacial score (nSPS) is 11.8. The molecule has 1 atom stereocenters. The maximum Gasteiger partial charge on any atom is 0.251 e. The number of H-pyrrole nitrogens is 1. The van der Waals surface area contributed by atoms with E-state index in [1.807, 2.05) is 24.4 Å². The molecule has 2 aromatic heterocycles. The van der Waals surface area contributed by atoms with E-state index in [9.17, 15) is 4.79 Å². The van der Waals surface area contributed by atoms with E-state index in [0.29, 0.717) is 17.7 Å². The zero-order valence-electron chi connectivity index (χ0n) is 14.5. The number of amides is 1. The van der Waals surface area contributed by atoms with Crippen molar-refractivity contribution in [3.63, 3.8) is 0 Å². The smallest absolute Gasteiger partial charge is 0.251 e. The van der Waals surface area contributed by atoms with Crippen LogP contribution < -0.4 is 5.32 Å². The summed E-state index contributed by atoms with van der Waals surface area (Å²) in [6.45, 7) is 0.501. The van der Waals surface area contributed by atoms with E-state index in [-0.39, 0.29) is 11.8 Å². The molecule has 0 fully saturated rings. The lowest BCUT2D eigenvalue weighted by Gasteiger charge is -2.16. The van der Waals surface area contributed by atoms with Crippen molar-refractivity contribution in [2.24, 2.45) is 0 Å². The molecular weight excluding hydrogens is 354 g/mol. The highest BCUT2D eigenvalue weighted by Crippen LogP contribution is 2.32. The summed E-state index contributed by atoms with van der Waals surface area (Å²) in [5.74, 6) is -0.0654. The molecule has 5 heteroatoms. The lowest BCUT2D eigenvalue weighted by molar-refractivity contribution is 0.0952. The summed E-state index contributed by atoms with van der Waals surface area (Å²) in [7, 11) is 0. The van der Waals surface area contributed by atoms with Crippen LogP contribution in [0.5, 0.6) is 0 Å². The second kappa shape index (κ2) is 7.48. The molecule has 4 nitrogen and oxygen atoms in total. The highest BCUT2D eigenvalue weighted by atomic mass is 32.1. The van der Waals surface area contributed by atoms with E-state index in [1.54, 1.807) is 35.6 Å². The van der Waals surface area contributed by atoms with Crippen LogP contribution >= 0.6 is 11.3 Å². The van der Waals surface area contributed by atoms with Gasteiger partial charge in [0, 0.05) is 40.0 Å². The van der Waals surface area contributed by atoms with Gasteiger partial charge in [-0.2, -0.15) is 5.26 Å². The van der Waals surface area contributed by atoms with Crippen LogP contribution in [-0.2, 0) is 0 Å². The molecule has 0 radical (unpaired) electrons. The Hall–Kier alpha value is -3.36. The fourth-order valence-electron chi connectivity index (χ4n) is 3.23. The number of benzene rings is 2. The summed E-state index contributed by atoms with van der Waals surface area (Å²) in [5, 5.41) is 15.2. The number of fused-ring (bicyclic) bond motifs is 1. The number of carbonyl (C=O) groups is 1. The second-order valence-electron chi connectivity index (χ2n) is 6.26. The molecule has 0 saturated heterocycles. The van der Waals surface area contributed by atoms with Gasteiger partial charge in [-0.05, 0) is 47.3 Å². The molecule has 2 heterocycles. The van der Waals surface area contributed by atoms with Crippen LogP contribution in [0.15, 0.2) is 72.2 Å². The molecule has 1 amide bonds. The van der Waals surface area contributed by atoms with Gasteiger partial charge in [-0.3, -0.25) is 4.79 Å². The van der Waals surface area contributed by atoms with Crippen LogP contribution in [0, 0.1) is 11.3 Å². The molecule has 4 rings (SSSR count). The van der Waals surface area contributed by atoms with Gasteiger partial charge in [0.1, 0.15) is 0 Å². The zero-order chi connectivity index (χ0) is 18.6. The first kappa shape index (κ1) is 17.1. The van der Waals surface area contributed by atoms with Crippen molar-refractivity contribution >= 4 is 28.1 Å². The van der Waals surface area contributed by atoms with Crippen LogP contribution in [0.4, 0.5) is 0 Å². The first-order chi connectivity index (χ1) is 13.3. The number of nitriles is 1. The minimum Gasteiger partial charge on any atom is -0.361 e. The average Bonchev–Trinajstić information content (AvgIpc) is 3.39. The summed E-state index contributed by atoms with van der Waals surface area (Å²) >= 11 is 1.69. The summed E-state index contributed by atoms with van der Waals surface area (Å²) in [6, 6.07) is 21.1. The van der Waals surface area contributed by atoms with Crippen molar-refractivity contribution in [3.8, 4) is 6.07 Å². The molecule has 0 saturated carbocycles. The van der Waals surface area contributed by atoms with E-state index in [0.717, 1.165) is 5.52 Å². The van der Waals surface area contributed by atoms with Gasteiger partial charge in [-0.15, -0.1) is 11.3 Å². The average molecular weight is 371 g/mol. The maximum absolute atomic E-state index is 12.6. The van der Waals surface area contributed by atoms with Gasteiger partial charge in [-0.25, -0.2) is 0 Å². The van der Waals surface area contributed by atoms with Crippen molar-refractivity contribution in [3.05, 3.63) is 93.8 Å². The van der Waals surface area contributed by atoms with Crippen molar-refractivity contribution in [2.45, 2.75) is 5.92 Å². The van der Waals surface area contributed by atoms with Gasteiger partial charge in [0.05, 0.1) is 11.6 Å². The van der Waals surface area contributed by atoms with Crippen LogP contribution in [-0.4, -0.2) is 17.4 Å². The van der Waals surface area contributed by atoms with E-state index < -0.39 is 0 Å². The van der Waals surface area contributed by atoms with Gasteiger partial charge >= 0.3 is 0 Å². The van der Waals surface area contributed by atoms with E-state index in [2.05, 4.69) is 39.9 Å². The number of para-hydroxylation sites is 1. The van der Waals surface area contributed by atoms with Gasteiger partial charge in [0.15, 0.2) is 0 Å². The highest BCUT2D eigenvalue weighted by Gasteiger charge is 2.20. The summed E-state index contributed by atoms with van der Waals surface area (Å²) in [6.07, 6.45) is 2.03. The Morgan fingerprint density at radius 3 is 2.67 bits per heavy atom. The molecule has 0 aliphatic carbocycles. The topological polar surface area (TPSA) is 68.7 Å². The third-order valence-electron chi connectivity index (χ3n) is 4.63. The molecule has 132 valence electrons. The number of thiophene rings is 1. The van der Waals surface area contributed by atoms with Crippen molar-refractivity contribution in [2.75, 3.05) is 6.54 Å². The monoisotopic (exact) mass is 371 g/mol. The number of carbonyl (C=O) groups excluding carboxylic acids is 1. The van der Waals surface area contributed by atoms with Crippen LogP contribution in [0.25, 0.3) is 10.9 Å². The lowest BCUT2D eigenvalue weighted by Crippen LogP contribution is -2.28. The van der Waals surface area contributed by atoms with E-state index >= 15 is 0 Å². The first-order valence-corrected chi connectivity index (χ1v) is 9.52. The maximum atomic E-state index is 12.6. The fraction of sp³-hybridized carbons (Fsp3) is 0.0909. The predicted molar refractivity (Wildman–Crippen MR) is 108 cm³/mol. The number of aromatic nitrogens is 1. The molecular formula is C22H17N3OS. The Morgan fingerprint density at radius 1 is 1.11 bits per heavy atom. The van der Waals surface area contributed by atoms with Crippen molar-refractivity contribution in [1.29, 1.82) is 5.26 Å². The Balaban J connectivity index is 1.59. The molecule has 2 aromatic carbocycles. The quantitative estimate of drug-likeness (QED) is 0.535. The second-order valence-corrected chi connectivity index (χ2v) is 7.24. The van der Waals surface area contributed by atoms with Crippen LogP contribution in [0.3, 0.4) is 0 Å². The number of rotatable bonds is 5. The van der Waals surface area contributed by atoms with Gasteiger partial charge in [0.2, 0.25) is 0 Å². The lowest BCUT2D eigenvalue weighted by atomic mass is 9.96. The van der Waals surface area contributed by atoms with Crippen LogP contribution in [0.1, 0.15) is 32.3 Å². The third kappa shape index (κ3) is 3.48. The van der Waals surface area contributed by atoms with Gasteiger partial charge in [-0.1, -0.05) is 24.3 Å². The fourth-order valence-corrected chi connectivity index (χ4v) is 4.07. The number of nitrogens with zero attached hydrogens (tertiary/aromatic N) is 1. The Labute approximate surface area is 161 Å². The predicted octanol–water partition coefficient (Wildman–Crippen LogP) is 4.66. The molecule has 0 aliphatic rings. The number of nitrogens with one attached hydrogen (secondary N) is 2. The van der Waals surface area contributed by atoms with Crippen molar-refractivity contribution in [1.82, 2.24) is 10.3 Å². The van der Waals surface area contributed by atoms with E-state index in [1.165, 1.54) is 15.8 Å². The van der Waals surface area contributed by atoms with Gasteiger partial charge in [0.25, 0.3) is 5.91 Å². The largest absolute Gasteiger partial charge is 0.361 e. The Kier molecular flexibility index (Phi) is 4.73. The zero-order valence-corrected chi connectivity index (χ0v) is 15.3. The molecule has 2 N–H and O–H groups in total. The molecule has 27 heavy (non-hydrogen) atoms. The molecule has 4 aromatic rings. The molecule has 0 bridgehead atoms. The SMILES string of the molecule is N#Cc1ccc(C(=O)NC[C@H](c2cccs2)c2c[nH]c3ccccc23)cc1. The highest BCUT2D eigenvalue weighted by molar-refractivity contribution is 7.10.